The zero-order valence-corrected chi connectivity index (χ0v) is 18.0. The van der Waals surface area contributed by atoms with E-state index < -0.39 is 0 Å². The summed E-state index contributed by atoms with van der Waals surface area (Å²) in [6, 6.07) is 10.2. The third kappa shape index (κ3) is 4.11. The van der Waals surface area contributed by atoms with Gasteiger partial charge >= 0.3 is 0 Å². The van der Waals surface area contributed by atoms with Crippen LogP contribution in [0, 0.1) is 13.8 Å². The Bertz CT molecular complexity index is 1030. The lowest BCUT2D eigenvalue weighted by Gasteiger charge is -2.34. The summed E-state index contributed by atoms with van der Waals surface area (Å²) in [4.78, 5) is 24.9. The Kier molecular flexibility index (Phi) is 5.52. The van der Waals surface area contributed by atoms with Crippen LogP contribution in [0.1, 0.15) is 46.7 Å². The molecule has 1 aromatic carbocycles. The highest BCUT2D eigenvalue weighted by atomic mass is 32.1. The predicted molar refractivity (Wildman–Crippen MR) is 117 cm³/mol. The largest absolute Gasteiger partial charge is 0.370 e. The molecule has 0 spiro atoms. The molecule has 152 valence electrons. The van der Waals surface area contributed by atoms with E-state index in [9.17, 15) is 4.79 Å². The van der Waals surface area contributed by atoms with Crippen molar-refractivity contribution in [2.75, 3.05) is 24.6 Å². The number of carbonyl (C=O) groups is 1. The number of nitrogens with one attached hydrogen (secondary N) is 1. The number of amides is 1. The van der Waals surface area contributed by atoms with Crippen molar-refractivity contribution in [3.05, 3.63) is 52.3 Å². The van der Waals surface area contributed by atoms with E-state index in [1.807, 2.05) is 45.9 Å². The van der Waals surface area contributed by atoms with Crippen molar-refractivity contribution in [2.24, 2.45) is 0 Å². The Morgan fingerprint density at radius 3 is 2.83 bits per heavy atom. The van der Waals surface area contributed by atoms with Gasteiger partial charge in [0.25, 0.3) is 5.91 Å². The van der Waals surface area contributed by atoms with E-state index in [1.54, 1.807) is 0 Å². The molecule has 0 bridgehead atoms. The van der Waals surface area contributed by atoms with E-state index in [2.05, 4.69) is 32.3 Å². The van der Waals surface area contributed by atoms with Crippen molar-refractivity contribution in [1.82, 2.24) is 15.3 Å². The minimum atomic E-state index is -0.191. The van der Waals surface area contributed by atoms with Crippen molar-refractivity contribution < 1.29 is 9.53 Å². The molecule has 0 radical (unpaired) electrons. The van der Waals surface area contributed by atoms with Gasteiger partial charge in [0.2, 0.25) is 0 Å². The molecular weight excluding hydrogens is 384 g/mol. The van der Waals surface area contributed by atoms with Crippen LogP contribution in [0.2, 0.25) is 0 Å². The number of ether oxygens (including phenoxy) is 1. The van der Waals surface area contributed by atoms with Crippen molar-refractivity contribution in [2.45, 2.75) is 39.8 Å². The van der Waals surface area contributed by atoms with Gasteiger partial charge in [-0.2, -0.15) is 0 Å². The molecule has 1 saturated heterocycles. The number of benzene rings is 1. The molecule has 29 heavy (non-hydrogen) atoms. The smallest absolute Gasteiger partial charge is 0.261 e. The number of morpholine rings is 1. The maximum absolute atomic E-state index is 12.9. The summed E-state index contributed by atoms with van der Waals surface area (Å²) in [6.07, 6.45) is -0.191. The first kappa shape index (κ1) is 19.8. The lowest BCUT2D eigenvalue weighted by molar-refractivity contribution is 0.0399. The zero-order valence-electron chi connectivity index (χ0n) is 17.2. The van der Waals surface area contributed by atoms with Crippen LogP contribution in [0.3, 0.4) is 0 Å². The van der Waals surface area contributed by atoms with Crippen LogP contribution in [-0.2, 0) is 4.74 Å². The SMILES string of the molecule is Cc1cc(N2CCO[C@H](c3c(C(=O)NC(C)C)sc4ccccc34)C2)nc(C)n1. The van der Waals surface area contributed by atoms with Crippen LogP contribution in [0.4, 0.5) is 5.82 Å². The maximum atomic E-state index is 12.9. The quantitative estimate of drug-likeness (QED) is 0.704. The third-order valence-electron chi connectivity index (χ3n) is 4.92. The molecule has 1 atom stereocenters. The van der Waals surface area contributed by atoms with E-state index >= 15 is 0 Å². The van der Waals surface area contributed by atoms with Gasteiger partial charge in [-0.05, 0) is 39.1 Å². The number of nitrogens with zero attached hydrogens (tertiary/aromatic N) is 3. The number of aromatic nitrogens is 2. The zero-order chi connectivity index (χ0) is 20.5. The number of carbonyl (C=O) groups excluding carboxylic acids is 1. The van der Waals surface area contributed by atoms with Gasteiger partial charge in [-0.15, -0.1) is 11.3 Å². The Balaban J connectivity index is 1.72. The van der Waals surface area contributed by atoms with E-state index in [0.717, 1.165) is 44.4 Å². The average Bonchev–Trinajstić information content (AvgIpc) is 3.06. The fourth-order valence-corrected chi connectivity index (χ4v) is 4.93. The Hall–Kier alpha value is -2.51. The van der Waals surface area contributed by atoms with Crippen LogP contribution in [0.5, 0.6) is 0 Å². The van der Waals surface area contributed by atoms with Gasteiger partial charge in [0.05, 0.1) is 11.5 Å². The van der Waals surface area contributed by atoms with Gasteiger partial charge in [0, 0.05) is 41.2 Å². The molecule has 1 aliphatic heterocycles. The van der Waals surface area contributed by atoms with E-state index in [1.165, 1.54) is 11.3 Å². The first-order valence-electron chi connectivity index (χ1n) is 9.93. The monoisotopic (exact) mass is 410 g/mol. The van der Waals surface area contributed by atoms with Crippen LogP contribution in [0.15, 0.2) is 30.3 Å². The standard InChI is InChI=1S/C22H26N4O2S/c1-13(2)23-22(27)21-20(16-7-5-6-8-18(16)29-21)17-12-26(9-10-28-17)19-11-14(3)24-15(4)25-19/h5-8,11,13,17H,9-10,12H2,1-4H3,(H,23,27)/t17-/m0/s1. The normalized spacial score (nSPS) is 17.1. The number of aryl methyl sites for hydroxylation is 2. The van der Waals surface area contributed by atoms with Gasteiger partial charge in [-0.3, -0.25) is 4.79 Å². The minimum absolute atomic E-state index is 0.0364. The molecule has 1 aliphatic rings. The Morgan fingerprint density at radius 1 is 1.28 bits per heavy atom. The highest BCUT2D eigenvalue weighted by molar-refractivity contribution is 7.21. The van der Waals surface area contributed by atoms with Crippen LogP contribution in [0.25, 0.3) is 10.1 Å². The second-order valence-electron chi connectivity index (χ2n) is 7.69. The Labute approximate surface area is 174 Å². The molecule has 2 aromatic heterocycles. The van der Waals surface area contributed by atoms with Crippen molar-refractivity contribution in [1.29, 1.82) is 0 Å². The van der Waals surface area contributed by atoms with Gasteiger partial charge in [0.15, 0.2) is 0 Å². The molecule has 1 amide bonds. The third-order valence-corrected chi connectivity index (χ3v) is 6.11. The molecule has 0 aliphatic carbocycles. The van der Waals surface area contributed by atoms with Gasteiger partial charge in [-0.25, -0.2) is 9.97 Å². The predicted octanol–water partition coefficient (Wildman–Crippen LogP) is 4.02. The molecule has 3 heterocycles. The van der Waals surface area contributed by atoms with Crippen LogP contribution < -0.4 is 10.2 Å². The summed E-state index contributed by atoms with van der Waals surface area (Å²) in [5, 5.41) is 4.13. The number of hydrogen-bond acceptors (Lipinski definition) is 6. The summed E-state index contributed by atoms with van der Waals surface area (Å²) in [5.41, 5.74) is 1.93. The van der Waals surface area contributed by atoms with Crippen LogP contribution >= 0.6 is 11.3 Å². The summed E-state index contributed by atoms with van der Waals surface area (Å²) < 4.78 is 7.28. The molecule has 0 saturated carbocycles. The molecule has 1 N–H and O–H groups in total. The lowest BCUT2D eigenvalue weighted by atomic mass is 10.0. The van der Waals surface area contributed by atoms with Crippen molar-refractivity contribution in [3.8, 4) is 0 Å². The fourth-order valence-electron chi connectivity index (χ4n) is 3.77. The first-order valence-corrected chi connectivity index (χ1v) is 10.7. The first-order chi connectivity index (χ1) is 13.9. The number of fused-ring (bicyclic) bond motifs is 1. The summed E-state index contributed by atoms with van der Waals surface area (Å²) in [6.45, 7) is 9.85. The molecule has 1 fully saturated rings. The molecule has 6 nitrogen and oxygen atoms in total. The van der Waals surface area contributed by atoms with Crippen molar-refractivity contribution in [3.63, 3.8) is 0 Å². The lowest BCUT2D eigenvalue weighted by Crippen LogP contribution is -2.39. The summed E-state index contributed by atoms with van der Waals surface area (Å²) >= 11 is 1.53. The second kappa shape index (κ2) is 8.08. The summed E-state index contributed by atoms with van der Waals surface area (Å²) in [5.74, 6) is 1.64. The molecule has 7 heteroatoms. The number of hydrogen-bond donors (Lipinski definition) is 1. The van der Waals surface area contributed by atoms with Gasteiger partial charge in [-0.1, -0.05) is 18.2 Å². The Morgan fingerprint density at radius 2 is 2.07 bits per heavy atom. The van der Waals surface area contributed by atoms with Gasteiger partial charge in [0.1, 0.15) is 17.7 Å². The fraction of sp³-hybridized carbons (Fsp3) is 0.409. The molecule has 4 rings (SSSR count). The maximum Gasteiger partial charge on any atom is 0.261 e. The molecule has 0 unspecified atom stereocenters. The van der Waals surface area contributed by atoms with E-state index in [4.69, 9.17) is 4.74 Å². The topological polar surface area (TPSA) is 67.3 Å². The molecule has 3 aromatic rings. The molecular formula is C22H26N4O2S. The van der Waals surface area contributed by atoms with Crippen LogP contribution in [-0.4, -0.2) is 41.6 Å². The average molecular weight is 411 g/mol. The highest BCUT2D eigenvalue weighted by Crippen LogP contribution is 2.38. The summed E-state index contributed by atoms with van der Waals surface area (Å²) in [7, 11) is 0. The number of rotatable bonds is 4. The van der Waals surface area contributed by atoms with E-state index in [-0.39, 0.29) is 18.1 Å². The highest BCUT2D eigenvalue weighted by Gasteiger charge is 2.30. The number of anilines is 1. The second-order valence-corrected chi connectivity index (χ2v) is 8.74. The van der Waals surface area contributed by atoms with Gasteiger partial charge < -0.3 is 15.0 Å². The van der Waals surface area contributed by atoms with E-state index in [0.29, 0.717) is 13.2 Å². The minimum Gasteiger partial charge on any atom is -0.370 e. The number of thiophene rings is 1. The van der Waals surface area contributed by atoms with Crippen molar-refractivity contribution >= 4 is 33.1 Å².